The molecule has 0 spiro atoms. The van der Waals surface area contributed by atoms with Crippen LogP contribution in [0.1, 0.15) is 19.3 Å². The van der Waals surface area contributed by atoms with Crippen molar-refractivity contribution in [2.45, 2.75) is 25.5 Å². The molecule has 0 bridgehead atoms. The molecule has 1 unspecified atom stereocenters. The number of rotatable bonds is 2. The van der Waals surface area contributed by atoms with Crippen molar-refractivity contribution in [3.8, 4) is 0 Å². The Morgan fingerprint density at radius 1 is 1.29 bits per heavy atom. The Labute approximate surface area is 103 Å². The van der Waals surface area contributed by atoms with Gasteiger partial charge in [-0.1, -0.05) is 0 Å². The molecule has 5 heteroatoms. The minimum absolute atomic E-state index is 0.124. The molecule has 5 nitrogen and oxygen atoms in total. The van der Waals surface area contributed by atoms with Crippen LogP contribution in [0.5, 0.6) is 0 Å². The summed E-state index contributed by atoms with van der Waals surface area (Å²) in [4.78, 5) is 14.3. The summed E-state index contributed by atoms with van der Waals surface area (Å²) in [5.41, 5.74) is 0.723. The zero-order chi connectivity index (χ0) is 12.4. The van der Waals surface area contributed by atoms with E-state index in [2.05, 4.69) is 0 Å². The summed E-state index contributed by atoms with van der Waals surface area (Å²) in [5, 5.41) is 3.78. The number of carbonyl (C=O) groups excluding carboxylic acids is 1. The predicted molar refractivity (Wildman–Crippen MR) is 64.8 cm³/mol. The number of likely N-dealkylation sites (tertiary alicyclic amines) is 1. The van der Waals surface area contributed by atoms with Crippen molar-refractivity contribution in [1.29, 1.82) is 0 Å². The molecular weight excluding hydrogens is 218 g/mol. The lowest BCUT2D eigenvalue weighted by Crippen LogP contribution is -2.43. The van der Waals surface area contributed by atoms with Gasteiger partial charge in [0, 0.05) is 34.3 Å². The molecule has 1 amide bonds. The van der Waals surface area contributed by atoms with E-state index >= 15 is 0 Å². The van der Waals surface area contributed by atoms with Crippen molar-refractivity contribution in [3.05, 3.63) is 11.8 Å². The average molecular weight is 239 g/mol. The number of nitrogens with zero attached hydrogens (tertiary/aromatic N) is 3. The molecule has 1 fully saturated rings. The number of hydrazine groups is 1. The first-order valence-corrected chi connectivity index (χ1v) is 6.15. The molecule has 0 aliphatic carbocycles. The predicted octanol–water partition coefficient (Wildman–Crippen LogP) is 0.647. The van der Waals surface area contributed by atoms with Gasteiger partial charge >= 0.3 is 0 Å². The summed E-state index contributed by atoms with van der Waals surface area (Å²) < 4.78 is 5.30. The van der Waals surface area contributed by atoms with Gasteiger partial charge in [0.25, 0.3) is 5.91 Å². The number of piperidine rings is 1. The van der Waals surface area contributed by atoms with Gasteiger partial charge in [0.1, 0.15) is 11.9 Å². The molecule has 0 N–H and O–H groups in total. The molecule has 0 aromatic heterocycles. The number of methoxy groups -OCH3 is 1. The molecular formula is C12H21N3O2. The van der Waals surface area contributed by atoms with Gasteiger partial charge in [0.05, 0.1) is 0 Å². The van der Waals surface area contributed by atoms with E-state index < -0.39 is 0 Å². The second kappa shape index (κ2) is 5.06. The lowest BCUT2D eigenvalue weighted by molar-refractivity contribution is -0.132. The molecule has 17 heavy (non-hydrogen) atoms. The van der Waals surface area contributed by atoms with Crippen LogP contribution in [0, 0.1) is 0 Å². The SMILES string of the molecule is COC1C=C(C(=O)N2CCCCC2)N(C)N1C. The molecule has 2 rings (SSSR count). The quantitative estimate of drug-likeness (QED) is 0.709. The van der Waals surface area contributed by atoms with Gasteiger partial charge in [-0.2, -0.15) is 5.01 Å². The standard InChI is InChI=1S/C12H21N3O2/c1-13-10(9-11(17-3)14(13)2)12(16)15-7-5-4-6-8-15/h9,11H,4-8H2,1-3H3. The van der Waals surface area contributed by atoms with Gasteiger partial charge in [-0.15, -0.1) is 0 Å². The van der Waals surface area contributed by atoms with Crippen LogP contribution in [0.25, 0.3) is 0 Å². The number of likely N-dealkylation sites (N-methyl/N-ethyl adjacent to an activating group) is 2. The Kier molecular flexibility index (Phi) is 3.69. The van der Waals surface area contributed by atoms with Crippen molar-refractivity contribution in [2.75, 3.05) is 34.3 Å². The van der Waals surface area contributed by atoms with Gasteiger partial charge in [0.2, 0.25) is 0 Å². The summed E-state index contributed by atoms with van der Waals surface area (Å²) in [5.74, 6) is 0.124. The van der Waals surface area contributed by atoms with Crippen LogP contribution in [0.3, 0.4) is 0 Å². The molecule has 1 atom stereocenters. The fraction of sp³-hybridized carbons (Fsp3) is 0.750. The first-order valence-electron chi connectivity index (χ1n) is 6.15. The Balaban J connectivity index is 2.08. The van der Waals surface area contributed by atoms with Crippen molar-refractivity contribution in [1.82, 2.24) is 14.9 Å². The van der Waals surface area contributed by atoms with E-state index in [9.17, 15) is 4.79 Å². The summed E-state index contributed by atoms with van der Waals surface area (Å²) >= 11 is 0. The second-order valence-electron chi connectivity index (χ2n) is 4.63. The maximum absolute atomic E-state index is 12.4. The highest BCUT2D eigenvalue weighted by Gasteiger charge is 2.32. The number of carbonyl (C=O) groups is 1. The number of hydrogen-bond acceptors (Lipinski definition) is 4. The van der Waals surface area contributed by atoms with Crippen molar-refractivity contribution in [3.63, 3.8) is 0 Å². The molecule has 2 heterocycles. The fourth-order valence-corrected chi connectivity index (χ4v) is 2.38. The van der Waals surface area contributed by atoms with E-state index in [0.717, 1.165) is 31.6 Å². The average Bonchev–Trinajstić information content (AvgIpc) is 2.66. The molecule has 2 aliphatic heterocycles. The van der Waals surface area contributed by atoms with Gasteiger partial charge < -0.3 is 14.6 Å². The van der Waals surface area contributed by atoms with E-state index in [1.807, 2.05) is 35.1 Å². The number of hydrogen-bond donors (Lipinski definition) is 0. The van der Waals surface area contributed by atoms with Crippen LogP contribution in [-0.4, -0.2) is 61.3 Å². The third-order valence-electron chi connectivity index (χ3n) is 3.59. The van der Waals surface area contributed by atoms with E-state index in [4.69, 9.17) is 4.74 Å². The summed E-state index contributed by atoms with van der Waals surface area (Å²) in [6, 6.07) is 0. The highest BCUT2D eigenvalue weighted by atomic mass is 16.5. The minimum Gasteiger partial charge on any atom is -0.361 e. The maximum Gasteiger partial charge on any atom is 0.271 e. The highest BCUT2D eigenvalue weighted by molar-refractivity contribution is 5.93. The van der Waals surface area contributed by atoms with E-state index in [1.54, 1.807) is 7.11 Å². The Bertz CT molecular complexity index is 324. The summed E-state index contributed by atoms with van der Waals surface area (Å²) in [6.45, 7) is 1.76. The molecule has 96 valence electrons. The van der Waals surface area contributed by atoms with Gasteiger partial charge in [-0.3, -0.25) is 4.79 Å². The van der Waals surface area contributed by atoms with Crippen LogP contribution in [0.4, 0.5) is 0 Å². The van der Waals surface area contributed by atoms with Crippen molar-refractivity contribution >= 4 is 5.91 Å². The van der Waals surface area contributed by atoms with Crippen LogP contribution in [0.15, 0.2) is 11.8 Å². The lowest BCUT2D eigenvalue weighted by atomic mass is 10.1. The monoisotopic (exact) mass is 239 g/mol. The Hall–Kier alpha value is -1.07. The lowest BCUT2D eigenvalue weighted by Gasteiger charge is -2.31. The Morgan fingerprint density at radius 3 is 2.47 bits per heavy atom. The van der Waals surface area contributed by atoms with Crippen molar-refractivity contribution in [2.24, 2.45) is 0 Å². The topological polar surface area (TPSA) is 36.0 Å². The maximum atomic E-state index is 12.4. The molecule has 2 aliphatic rings. The van der Waals surface area contributed by atoms with Gasteiger partial charge in [-0.25, -0.2) is 0 Å². The van der Waals surface area contributed by atoms with Crippen LogP contribution < -0.4 is 0 Å². The third kappa shape index (κ3) is 2.30. The fourth-order valence-electron chi connectivity index (χ4n) is 2.38. The zero-order valence-corrected chi connectivity index (χ0v) is 10.8. The van der Waals surface area contributed by atoms with E-state index in [0.29, 0.717) is 0 Å². The minimum atomic E-state index is -0.135. The van der Waals surface area contributed by atoms with E-state index in [1.165, 1.54) is 6.42 Å². The van der Waals surface area contributed by atoms with Crippen LogP contribution in [-0.2, 0) is 9.53 Å². The zero-order valence-electron chi connectivity index (χ0n) is 10.8. The van der Waals surface area contributed by atoms with Crippen LogP contribution >= 0.6 is 0 Å². The number of amides is 1. The molecule has 0 radical (unpaired) electrons. The van der Waals surface area contributed by atoms with Crippen molar-refractivity contribution < 1.29 is 9.53 Å². The van der Waals surface area contributed by atoms with Gasteiger partial charge in [-0.05, 0) is 25.3 Å². The summed E-state index contributed by atoms with van der Waals surface area (Å²) in [6.07, 6.45) is 5.22. The first-order chi connectivity index (χ1) is 8.15. The smallest absolute Gasteiger partial charge is 0.271 e. The molecule has 0 aromatic rings. The molecule has 0 aromatic carbocycles. The molecule has 1 saturated heterocycles. The van der Waals surface area contributed by atoms with Crippen LogP contribution in [0.2, 0.25) is 0 Å². The highest BCUT2D eigenvalue weighted by Crippen LogP contribution is 2.22. The summed E-state index contributed by atoms with van der Waals surface area (Å²) in [7, 11) is 5.47. The van der Waals surface area contributed by atoms with E-state index in [-0.39, 0.29) is 12.1 Å². The normalized spacial score (nSPS) is 26.3. The van der Waals surface area contributed by atoms with Gasteiger partial charge in [0.15, 0.2) is 0 Å². The largest absolute Gasteiger partial charge is 0.361 e. The number of ether oxygens (including phenoxy) is 1. The first kappa shape index (κ1) is 12.4. The Morgan fingerprint density at radius 2 is 1.94 bits per heavy atom. The second-order valence-corrected chi connectivity index (χ2v) is 4.63. The molecule has 0 saturated carbocycles. The third-order valence-corrected chi connectivity index (χ3v) is 3.59.